The Morgan fingerprint density at radius 3 is 2.43 bits per heavy atom. The van der Waals surface area contributed by atoms with Crippen molar-refractivity contribution in [1.29, 1.82) is 0 Å². The van der Waals surface area contributed by atoms with Crippen molar-refractivity contribution in [2.24, 2.45) is 5.73 Å². The van der Waals surface area contributed by atoms with Crippen LogP contribution in [0.25, 0.3) is 0 Å². The first-order valence-electron chi connectivity index (χ1n) is 3.24. The van der Waals surface area contributed by atoms with Crippen molar-refractivity contribution in [2.45, 2.75) is 6.17 Å². The molecule has 5 amide bonds. The predicted octanol–water partition coefficient (Wildman–Crippen LogP) is -2.43. The van der Waals surface area contributed by atoms with E-state index in [2.05, 4.69) is 15.4 Å². The Labute approximate surface area is 89.4 Å². The second-order valence-electron chi connectivity index (χ2n) is 2.00. The van der Waals surface area contributed by atoms with Crippen molar-refractivity contribution in [3.05, 3.63) is 0 Å². The number of amides is 5. The zero-order valence-electron chi connectivity index (χ0n) is 6.78. The molecule has 0 spiro atoms. The highest BCUT2D eigenvalue weighted by molar-refractivity contribution is 6.89. The van der Waals surface area contributed by atoms with Crippen molar-refractivity contribution in [1.82, 2.24) is 16.0 Å². The average molecular weight is 238 g/mol. The molecule has 1 fully saturated rings. The summed E-state index contributed by atoms with van der Waals surface area (Å²) in [5, 5.41) is 6.05. The van der Waals surface area contributed by atoms with Crippen LogP contribution >= 0.6 is 10.0 Å². The summed E-state index contributed by atoms with van der Waals surface area (Å²) in [6.45, 7) is 0. The lowest BCUT2D eigenvalue weighted by molar-refractivity contribution is -0.120. The Morgan fingerprint density at radius 2 is 2.14 bits per heavy atom. The van der Waals surface area contributed by atoms with Gasteiger partial charge >= 0.3 is 26.7 Å². The summed E-state index contributed by atoms with van der Waals surface area (Å²) >= 11 is -0.778. The molecule has 1 heterocycles. The third-order valence-corrected chi connectivity index (χ3v) is 1.06. The summed E-state index contributed by atoms with van der Waals surface area (Å²) in [7, 11) is 4.64. The van der Waals surface area contributed by atoms with Gasteiger partial charge in [0, 0.05) is 0 Å². The van der Waals surface area contributed by atoms with Gasteiger partial charge in [0.25, 0.3) is 5.91 Å². The van der Waals surface area contributed by atoms with Gasteiger partial charge in [-0.1, -0.05) is 0 Å². The molecule has 8 nitrogen and oxygen atoms in total. The average Bonchev–Trinajstić information content (AvgIpc) is 2.30. The van der Waals surface area contributed by atoms with E-state index in [1.165, 1.54) is 0 Å². The molecular weight excluding hydrogens is 231 g/mol. The zero-order valence-corrected chi connectivity index (χ0v) is 8.69. The van der Waals surface area contributed by atoms with Gasteiger partial charge in [-0.05, 0) is 0 Å². The van der Waals surface area contributed by atoms with Crippen molar-refractivity contribution >= 4 is 42.7 Å². The van der Waals surface area contributed by atoms with E-state index in [1.54, 1.807) is 0 Å². The van der Waals surface area contributed by atoms with Crippen LogP contribution in [0, 0.1) is 0 Å². The van der Waals surface area contributed by atoms with Crippen LogP contribution in [0.5, 0.6) is 0 Å². The first kappa shape index (κ1) is 13.0. The fourth-order valence-corrected chi connectivity index (χ4v) is 0.661. The summed E-state index contributed by atoms with van der Waals surface area (Å²) in [5.74, 6) is -0.617. The third kappa shape index (κ3) is 4.88. The second kappa shape index (κ2) is 6.45. The lowest BCUT2D eigenvalue weighted by Crippen LogP contribution is -2.48. The van der Waals surface area contributed by atoms with Crippen molar-refractivity contribution in [2.75, 3.05) is 0 Å². The van der Waals surface area contributed by atoms with E-state index in [4.69, 9.17) is 9.89 Å². The summed E-state index contributed by atoms with van der Waals surface area (Å²) in [4.78, 5) is 31.3. The third-order valence-electron chi connectivity index (χ3n) is 1.06. The van der Waals surface area contributed by atoms with Gasteiger partial charge < -0.3 is 20.5 Å². The number of imide groups is 1. The highest BCUT2D eigenvalue weighted by atomic mass is 35.6. The van der Waals surface area contributed by atoms with E-state index in [0.717, 1.165) is 0 Å². The van der Waals surface area contributed by atoms with E-state index in [-0.39, 0.29) is 0 Å². The van der Waals surface area contributed by atoms with Gasteiger partial charge in [-0.3, -0.25) is 10.1 Å². The fourth-order valence-electron chi connectivity index (χ4n) is 0.661. The van der Waals surface area contributed by atoms with Gasteiger partial charge in [0.15, 0.2) is 6.17 Å². The number of hydrogen-bond acceptors (Lipinski definition) is 4. The normalized spacial score (nSPS) is 18.6. The Morgan fingerprint density at radius 1 is 1.64 bits per heavy atom. The zero-order chi connectivity index (χ0) is 11.1. The van der Waals surface area contributed by atoms with Crippen LogP contribution in [-0.2, 0) is 4.79 Å². The number of rotatable bonds is 1. The summed E-state index contributed by atoms with van der Waals surface area (Å²) in [6.07, 6.45) is -1.04. The minimum Gasteiger partial charge on any atom is -0.510 e. The number of carbonyl (C=O) groups is 3. The summed E-state index contributed by atoms with van der Waals surface area (Å²) < 4.78 is 7.42. The molecule has 0 aromatic rings. The number of urea groups is 2. The van der Waals surface area contributed by atoms with Crippen molar-refractivity contribution < 1.29 is 18.5 Å². The summed E-state index contributed by atoms with van der Waals surface area (Å²) in [5.41, 5.74) is 4.70. The number of halogens is 1. The van der Waals surface area contributed by atoms with E-state index in [0.29, 0.717) is 0 Å². The molecule has 1 unspecified atom stereocenters. The van der Waals surface area contributed by atoms with Crippen LogP contribution in [0.15, 0.2) is 0 Å². The molecule has 0 aliphatic carbocycles. The largest absolute Gasteiger partial charge is 0.568 e. The number of hydrogen-bond donors (Lipinski definition) is 5. The van der Waals surface area contributed by atoms with Crippen LogP contribution in [0.1, 0.15) is 0 Å². The number of nitrogens with one attached hydrogen (secondary N) is 3. The second-order valence-corrected chi connectivity index (χ2v) is 2.78. The number of nitrogens with two attached hydrogens (primary N) is 1. The molecule has 1 saturated heterocycles. The molecule has 10 heteroatoms. The highest BCUT2D eigenvalue weighted by Crippen LogP contribution is 1.86. The molecule has 1 radical (unpaired) electrons. The minimum absolute atomic E-state index is 0.617. The molecule has 1 atom stereocenters. The van der Waals surface area contributed by atoms with Crippen LogP contribution < -0.4 is 21.7 Å². The molecule has 1 rings (SSSR count). The standard InChI is InChI=1S/C4H6N4O3.Al.ClH.H2O/c5-3(10)6-1-2(9)8-4(11)7-1;;;/h1H,(H3,5,6,10)(H2,7,8,9,11);;1H;1H2/q;+2;;/p-2. The monoisotopic (exact) mass is 237 g/mol. The Bertz CT molecular complexity index is 249. The number of primary amides is 1. The first-order valence-corrected chi connectivity index (χ1v) is 5.51. The molecule has 1 aliphatic rings. The predicted molar refractivity (Wildman–Crippen MR) is 47.0 cm³/mol. The number of carbonyl (C=O) groups excluding carboxylic acids is 3. The van der Waals surface area contributed by atoms with Gasteiger partial charge in [-0.15, -0.1) is 0 Å². The van der Waals surface area contributed by atoms with Crippen LogP contribution in [-0.4, -0.2) is 42.9 Å². The van der Waals surface area contributed by atoms with Crippen molar-refractivity contribution in [3.63, 3.8) is 0 Å². The molecule has 1 aliphatic heterocycles. The van der Waals surface area contributed by atoms with Crippen molar-refractivity contribution in [3.8, 4) is 0 Å². The van der Waals surface area contributed by atoms with E-state index < -0.39 is 38.8 Å². The Balaban J connectivity index is 0.000000500. The Kier molecular flexibility index (Phi) is 5.98. The van der Waals surface area contributed by atoms with Gasteiger partial charge in [0.1, 0.15) is 0 Å². The van der Waals surface area contributed by atoms with Crippen LogP contribution in [0.3, 0.4) is 0 Å². The summed E-state index contributed by atoms with van der Waals surface area (Å²) in [6, 6.07) is -1.51. The van der Waals surface area contributed by atoms with Crippen LogP contribution in [0.2, 0.25) is 0 Å². The maximum Gasteiger partial charge on any atom is 0.568 e. The molecule has 14 heavy (non-hydrogen) atoms. The lowest BCUT2D eigenvalue weighted by atomic mass is 10.5. The first-order chi connectivity index (χ1) is 6.51. The smallest absolute Gasteiger partial charge is 0.510 e. The molecule has 77 valence electrons. The molecule has 6 N–H and O–H groups in total. The molecule has 0 aromatic carbocycles. The van der Waals surface area contributed by atoms with E-state index in [9.17, 15) is 14.4 Å². The van der Waals surface area contributed by atoms with Gasteiger partial charge in [-0.2, -0.15) is 0 Å². The van der Waals surface area contributed by atoms with Gasteiger partial charge in [-0.25, -0.2) is 19.6 Å². The molecule has 0 aromatic heterocycles. The topological polar surface area (TPSA) is 134 Å². The lowest BCUT2D eigenvalue weighted by Gasteiger charge is -2.05. The van der Waals surface area contributed by atoms with Gasteiger partial charge in [0.05, 0.1) is 0 Å². The van der Waals surface area contributed by atoms with E-state index >= 15 is 0 Å². The fraction of sp³-hybridized carbons (Fsp3) is 0.250. The molecule has 0 saturated carbocycles. The quantitative estimate of drug-likeness (QED) is 0.256. The molecule has 0 bridgehead atoms. The highest BCUT2D eigenvalue weighted by Gasteiger charge is 2.29. The maximum atomic E-state index is 10.7. The maximum absolute atomic E-state index is 10.7. The Hall–Kier alpha value is -1.01. The van der Waals surface area contributed by atoms with Crippen LogP contribution in [0.4, 0.5) is 9.59 Å². The van der Waals surface area contributed by atoms with Gasteiger partial charge in [0.2, 0.25) is 0 Å². The van der Waals surface area contributed by atoms with E-state index in [1.807, 2.05) is 10.6 Å². The SMILES string of the molecule is NC(=O)NC1NC(=O)NC1=O.[OH][Al][Cl]. The minimum atomic E-state index is -1.04. The molecular formula is C4H7AlClN4O4.